The molecular weight excluding hydrogens is 235 g/mol. The zero-order chi connectivity index (χ0) is 14.4. The minimum absolute atomic E-state index is 0.0442. The Hall–Kier alpha value is -0.0351. The Morgan fingerprint density at radius 2 is 2.65 bits per heavy atom. The average Bonchev–Trinajstić information content (AvgIpc) is 2.72. The average molecular weight is 261 g/mol. The molecule has 0 radical (unpaired) electrons. The SMILES string of the molecule is [2H]B([3H])CSOC[C@@H]1C[C@H](C(C)=O)N(CC)[C@H]1CN. The first-order chi connectivity index (χ1) is 9.01. The quantitative estimate of drug-likeness (QED) is 0.375. The lowest BCUT2D eigenvalue weighted by Gasteiger charge is -2.28. The van der Waals surface area contributed by atoms with Gasteiger partial charge in [-0.25, -0.2) is 0 Å². The second-order valence-electron chi connectivity index (χ2n) is 4.32. The highest BCUT2D eigenvalue weighted by molar-refractivity contribution is 7.95. The lowest BCUT2D eigenvalue weighted by Crippen LogP contribution is -2.44. The number of hydrogen-bond donors (Lipinski definition) is 1. The number of carbonyl (C=O) groups excluding carboxylic acids is 1. The number of likely N-dealkylation sites (N-methyl/N-ethyl adjacent to an activating group) is 1. The molecule has 4 nitrogen and oxygen atoms in total. The topological polar surface area (TPSA) is 55.6 Å². The summed E-state index contributed by atoms with van der Waals surface area (Å²) in [7, 11) is -0.865. The second kappa shape index (κ2) is 7.41. The summed E-state index contributed by atoms with van der Waals surface area (Å²) >= 11 is 1.16. The summed E-state index contributed by atoms with van der Waals surface area (Å²) < 4.78 is 19.6. The Labute approximate surface area is 112 Å². The zero-order valence-corrected chi connectivity index (χ0v) is 11.4. The van der Waals surface area contributed by atoms with Crippen LogP contribution in [0, 0.1) is 5.92 Å². The van der Waals surface area contributed by atoms with Gasteiger partial charge in [-0.2, -0.15) is 0 Å². The Balaban J connectivity index is 2.50. The van der Waals surface area contributed by atoms with E-state index in [1.54, 1.807) is 6.92 Å². The fraction of sp³-hybridized carbons (Fsp3) is 0.909. The fourth-order valence-corrected chi connectivity index (χ4v) is 2.99. The Morgan fingerprint density at radius 1 is 1.88 bits per heavy atom. The van der Waals surface area contributed by atoms with Gasteiger partial charge in [0, 0.05) is 18.5 Å². The highest BCUT2D eigenvalue weighted by atomic mass is 32.2. The van der Waals surface area contributed by atoms with Gasteiger partial charge in [0.25, 0.3) is 0 Å². The summed E-state index contributed by atoms with van der Waals surface area (Å²) in [6.07, 6.45) is 0.788. The predicted molar refractivity (Wildman–Crippen MR) is 74.8 cm³/mol. The van der Waals surface area contributed by atoms with Gasteiger partial charge in [0.05, 0.1) is 12.6 Å². The Bertz CT molecular complexity index is 300. The van der Waals surface area contributed by atoms with Crippen LogP contribution >= 0.6 is 12.0 Å². The maximum absolute atomic E-state index is 11.7. The molecule has 2 N–H and O–H groups in total. The molecule has 0 spiro atoms. The molecule has 1 aliphatic rings. The number of likely N-dealkylation sites (tertiary alicyclic amines) is 1. The van der Waals surface area contributed by atoms with Crippen molar-refractivity contribution in [3.05, 3.63) is 0 Å². The number of hydrogen-bond acceptors (Lipinski definition) is 5. The van der Waals surface area contributed by atoms with Crippen molar-refractivity contribution in [2.75, 3.05) is 25.3 Å². The number of nitrogens with zero attached hydrogens (tertiary/aromatic N) is 1. The monoisotopic (exact) mass is 261 g/mol. The third-order valence-electron chi connectivity index (χ3n) is 3.41. The first-order valence-electron chi connectivity index (χ1n) is 7.21. The summed E-state index contributed by atoms with van der Waals surface area (Å²) in [5.41, 5.74) is 6.17. The zero-order valence-electron chi connectivity index (χ0n) is 12.6. The van der Waals surface area contributed by atoms with Crippen molar-refractivity contribution in [3.8, 4) is 0 Å². The second-order valence-corrected chi connectivity index (χ2v) is 5.13. The van der Waals surface area contributed by atoms with Crippen LogP contribution in [0.4, 0.5) is 0 Å². The summed E-state index contributed by atoms with van der Waals surface area (Å²) in [4.78, 5) is 13.8. The summed E-state index contributed by atoms with van der Waals surface area (Å²) in [5, 5.41) is 0. The lowest BCUT2D eigenvalue weighted by molar-refractivity contribution is -0.121. The molecule has 1 rings (SSSR count). The Morgan fingerprint density at radius 3 is 3.18 bits per heavy atom. The van der Waals surface area contributed by atoms with Gasteiger partial charge in [0.15, 0.2) is 0 Å². The van der Waals surface area contributed by atoms with Crippen molar-refractivity contribution < 1.29 is 8.98 Å². The van der Waals surface area contributed by atoms with Crippen LogP contribution in [-0.2, 0) is 8.98 Å². The normalized spacial score (nSPS) is 31.1. The van der Waals surface area contributed by atoms with Gasteiger partial charge in [-0.05, 0) is 40.3 Å². The molecule has 0 aromatic carbocycles. The van der Waals surface area contributed by atoms with Crippen LogP contribution in [0.25, 0.3) is 0 Å². The highest BCUT2D eigenvalue weighted by Crippen LogP contribution is 2.30. The van der Waals surface area contributed by atoms with E-state index in [0.29, 0.717) is 18.8 Å². The third kappa shape index (κ3) is 3.71. The van der Waals surface area contributed by atoms with Crippen LogP contribution in [0.5, 0.6) is 0 Å². The molecule has 0 bridgehead atoms. The van der Waals surface area contributed by atoms with Crippen LogP contribution in [0.2, 0.25) is 0 Å². The summed E-state index contributed by atoms with van der Waals surface area (Å²) in [5.74, 6) is 0.439. The highest BCUT2D eigenvalue weighted by Gasteiger charge is 2.41. The minimum Gasteiger partial charge on any atom is -0.329 e. The van der Waals surface area contributed by atoms with E-state index in [-0.39, 0.29) is 23.8 Å². The van der Waals surface area contributed by atoms with Gasteiger partial charge in [0.2, 0.25) is 0 Å². The number of nitrogens with two attached hydrogens (primary N) is 1. The summed E-state index contributed by atoms with van der Waals surface area (Å²) in [6.45, 7) is 5.54. The van der Waals surface area contributed by atoms with E-state index >= 15 is 0 Å². The van der Waals surface area contributed by atoms with Crippen molar-refractivity contribution in [1.29, 1.82) is 2.67 Å². The molecular formula is C11H23BN2O2S. The van der Waals surface area contributed by atoms with Crippen LogP contribution in [-0.4, -0.2) is 58.6 Å². The van der Waals surface area contributed by atoms with Gasteiger partial charge in [-0.3, -0.25) is 9.69 Å². The number of carbonyl (C=O) groups is 1. The number of rotatable bonds is 8. The van der Waals surface area contributed by atoms with Gasteiger partial charge < -0.3 is 9.92 Å². The van der Waals surface area contributed by atoms with E-state index < -0.39 is 7.77 Å². The van der Waals surface area contributed by atoms with Crippen molar-refractivity contribution in [3.63, 3.8) is 0 Å². The Kier molecular flexibility index (Phi) is 5.24. The molecule has 1 fully saturated rings. The standard InChI is InChI=1S/C11H23BN2O2S/c1-3-14-10(8(2)15)4-9(11(14)5-13)6-16-17-7-12/h9-11H,3-7,12-13H2,1-2H3/t9-,10+,11-/m0/s1/i12TD. The molecule has 0 saturated carbocycles. The molecule has 98 valence electrons. The molecule has 0 aromatic rings. The predicted octanol–water partition coefficient (Wildman–Crippen LogP) is -0.131. The van der Waals surface area contributed by atoms with Crippen molar-refractivity contribution in [2.45, 2.75) is 32.4 Å². The van der Waals surface area contributed by atoms with E-state index in [0.717, 1.165) is 25.0 Å². The van der Waals surface area contributed by atoms with E-state index in [2.05, 4.69) is 4.90 Å². The van der Waals surface area contributed by atoms with E-state index in [1.165, 1.54) is 0 Å². The molecule has 3 atom stereocenters. The van der Waals surface area contributed by atoms with E-state index in [4.69, 9.17) is 12.6 Å². The number of Topliss-reactive ketones (excluding diaryl/α,β-unsaturated/α-hetero) is 1. The first kappa shape index (κ1) is 12.0. The minimum atomic E-state index is -0.865. The summed E-state index contributed by atoms with van der Waals surface area (Å²) in [6, 6.07) is 0.138. The van der Waals surface area contributed by atoms with Crippen molar-refractivity contribution in [1.82, 2.24) is 4.90 Å². The van der Waals surface area contributed by atoms with Crippen LogP contribution in [0.1, 0.15) is 20.3 Å². The largest absolute Gasteiger partial charge is 0.329 e. The molecule has 0 unspecified atom stereocenters. The van der Waals surface area contributed by atoms with Gasteiger partial charge in [-0.15, -0.1) is 0 Å². The van der Waals surface area contributed by atoms with Gasteiger partial charge >= 0.3 is 0 Å². The van der Waals surface area contributed by atoms with Crippen molar-refractivity contribution >= 4 is 25.6 Å². The lowest BCUT2D eigenvalue weighted by atomic mass is 9.99. The molecule has 17 heavy (non-hydrogen) atoms. The van der Waals surface area contributed by atoms with Gasteiger partial charge in [-0.1, -0.05) is 6.92 Å². The molecule has 1 heterocycles. The smallest absolute Gasteiger partial charge is 0.146 e. The fourth-order valence-electron chi connectivity index (χ4n) is 2.63. The van der Waals surface area contributed by atoms with Crippen LogP contribution in [0.3, 0.4) is 0 Å². The van der Waals surface area contributed by atoms with Gasteiger partial charge in [0.1, 0.15) is 13.6 Å². The maximum atomic E-state index is 11.7. The van der Waals surface area contributed by atoms with Crippen LogP contribution in [0.15, 0.2) is 0 Å². The molecule has 1 aliphatic heterocycles. The van der Waals surface area contributed by atoms with Crippen LogP contribution < -0.4 is 5.73 Å². The molecule has 0 aromatic heterocycles. The molecule has 6 heteroatoms. The number of ketones is 1. The van der Waals surface area contributed by atoms with Crippen molar-refractivity contribution in [2.24, 2.45) is 11.7 Å². The van der Waals surface area contributed by atoms with E-state index in [1.807, 2.05) is 6.92 Å². The molecule has 0 aliphatic carbocycles. The maximum Gasteiger partial charge on any atom is 0.146 e. The van der Waals surface area contributed by atoms with E-state index in [9.17, 15) is 4.79 Å². The molecule has 0 amide bonds. The third-order valence-corrected chi connectivity index (χ3v) is 3.84. The first-order valence-corrected chi connectivity index (χ1v) is 6.97. The molecule has 1 saturated heterocycles.